The van der Waals surface area contributed by atoms with Crippen LogP contribution in [0.5, 0.6) is 0 Å². The van der Waals surface area contributed by atoms with E-state index >= 15 is 0 Å². The van der Waals surface area contributed by atoms with Crippen LogP contribution in [0.1, 0.15) is 23.7 Å². The highest BCUT2D eigenvalue weighted by Gasteiger charge is 2.31. The van der Waals surface area contributed by atoms with Crippen molar-refractivity contribution in [2.75, 3.05) is 31.6 Å². The molecular formula is C16H23N3O4. The van der Waals surface area contributed by atoms with Gasteiger partial charge in [-0.3, -0.25) is 14.5 Å². The number of likely N-dealkylation sites (tertiary alicyclic amines) is 1. The van der Waals surface area contributed by atoms with Crippen molar-refractivity contribution >= 4 is 17.5 Å². The van der Waals surface area contributed by atoms with Gasteiger partial charge in [0.25, 0.3) is 5.91 Å². The molecule has 1 aliphatic rings. The first-order valence-electron chi connectivity index (χ1n) is 7.74. The van der Waals surface area contributed by atoms with Gasteiger partial charge in [-0.05, 0) is 31.5 Å². The van der Waals surface area contributed by atoms with Gasteiger partial charge in [-0.1, -0.05) is 6.07 Å². The summed E-state index contributed by atoms with van der Waals surface area (Å²) < 4.78 is 0. The average molecular weight is 321 g/mol. The monoisotopic (exact) mass is 321 g/mol. The molecule has 1 aliphatic heterocycles. The summed E-state index contributed by atoms with van der Waals surface area (Å²) in [6.07, 6.45) is -0.0442. The van der Waals surface area contributed by atoms with Crippen molar-refractivity contribution in [2.24, 2.45) is 0 Å². The van der Waals surface area contributed by atoms with E-state index in [-0.39, 0.29) is 31.0 Å². The topological polar surface area (TPSA) is 102 Å². The Labute approximate surface area is 135 Å². The molecule has 4 N–H and O–H groups in total. The summed E-state index contributed by atoms with van der Waals surface area (Å²) in [5.74, 6) is -0.433. The van der Waals surface area contributed by atoms with Crippen LogP contribution in [0.25, 0.3) is 0 Å². The Kier molecular flexibility index (Phi) is 6.09. The van der Waals surface area contributed by atoms with Crippen LogP contribution in [0.3, 0.4) is 0 Å². The maximum atomic E-state index is 12.1. The summed E-state index contributed by atoms with van der Waals surface area (Å²) in [7, 11) is 0. The van der Waals surface area contributed by atoms with E-state index in [1.165, 1.54) is 0 Å². The number of hydrogen-bond donors (Lipinski definition) is 4. The van der Waals surface area contributed by atoms with Crippen molar-refractivity contribution < 1.29 is 19.8 Å². The zero-order valence-electron chi connectivity index (χ0n) is 13.2. The van der Waals surface area contributed by atoms with Crippen molar-refractivity contribution in [1.82, 2.24) is 10.2 Å². The second-order valence-corrected chi connectivity index (χ2v) is 5.64. The van der Waals surface area contributed by atoms with Crippen LogP contribution in [0, 0.1) is 0 Å². The van der Waals surface area contributed by atoms with Gasteiger partial charge >= 0.3 is 0 Å². The molecule has 7 nitrogen and oxygen atoms in total. The maximum absolute atomic E-state index is 12.1. The molecule has 7 heteroatoms. The summed E-state index contributed by atoms with van der Waals surface area (Å²) >= 11 is 0. The van der Waals surface area contributed by atoms with Crippen LogP contribution < -0.4 is 10.6 Å². The first-order valence-corrected chi connectivity index (χ1v) is 7.74. The molecule has 1 fully saturated rings. The predicted molar refractivity (Wildman–Crippen MR) is 86.1 cm³/mol. The summed E-state index contributed by atoms with van der Waals surface area (Å²) in [4.78, 5) is 25.7. The Morgan fingerprint density at radius 3 is 2.87 bits per heavy atom. The maximum Gasteiger partial charge on any atom is 0.251 e. The molecule has 0 saturated carbocycles. The first kappa shape index (κ1) is 17.4. The number of carbonyl (C=O) groups is 2. The number of β-amino-alcohol motifs (C(OH)–C–C–N with tert-alkyl or cyclic N) is 1. The molecule has 1 aromatic carbocycles. The molecule has 1 heterocycles. The van der Waals surface area contributed by atoms with Crippen molar-refractivity contribution in [3.63, 3.8) is 0 Å². The Balaban J connectivity index is 1.95. The lowest BCUT2D eigenvalue weighted by Gasteiger charge is -2.21. The number of nitrogens with zero attached hydrogens (tertiary/aromatic N) is 1. The number of carbonyl (C=O) groups excluding carboxylic acids is 2. The number of amides is 2. The molecule has 2 rings (SSSR count). The van der Waals surface area contributed by atoms with Gasteiger partial charge in [0.1, 0.15) is 0 Å². The average Bonchev–Trinajstić information content (AvgIpc) is 2.87. The Hall–Kier alpha value is -1.96. The molecule has 0 unspecified atom stereocenters. The van der Waals surface area contributed by atoms with Gasteiger partial charge in [0.15, 0.2) is 0 Å². The quantitative estimate of drug-likeness (QED) is 0.581. The van der Waals surface area contributed by atoms with E-state index in [1.807, 2.05) is 6.92 Å². The lowest BCUT2D eigenvalue weighted by atomic mass is 10.2. The highest BCUT2D eigenvalue weighted by atomic mass is 16.3. The van der Waals surface area contributed by atoms with Crippen LogP contribution in [-0.4, -0.2) is 65.3 Å². The van der Waals surface area contributed by atoms with E-state index in [2.05, 4.69) is 10.6 Å². The minimum absolute atomic E-state index is 0.0863. The molecule has 0 spiro atoms. The standard InChI is InChI=1S/C16H23N3O4/c1-2-17-16(23)11-4-3-5-12(6-11)18-15(22)9-19-8-14(21)7-13(19)10-20/h3-6,13-14,20-21H,2,7-10H2,1H3,(H,17,23)(H,18,22)/t13-,14-/m1/s1. The fourth-order valence-electron chi connectivity index (χ4n) is 2.73. The molecular weight excluding hydrogens is 298 g/mol. The summed E-state index contributed by atoms with van der Waals surface area (Å²) in [6.45, 7) is 2.75. The van der Waals surface area contributed by atoms with E-state index < -0.39 is 6.10 Å². The fraction of sp³-hybridized carbons (Fsp3) is 0.500. The second kappa shape index (κ2) is 8.05. The summed E-state index contributed by atoms with van der Waals surface area (Å²) in [5.41, 5.74) is 1.02. The zero-order valence-corrected chi connectivity index (χ0v) is 13.2. The van der Waals surface area contributed by atoms with Crippen LogP contribution >= 0.6 is 0 Å². The lowest BCUT2D eigenvalue weighted by Crippen LogP contribution is -2.38. The van der Waals surface area contributed by atoms with Gasteiger partial charge in [0.05, 0.1) is 19.3 Å². The largest absolute Gasteiger partial charge is 0.395 e. The molecule has 126 valence electrons. The molecule has 23 heavy (non-hydrogen) atoms. The number of hydrogen-bond acceptors (Lipinski definition) is 5. The number of nitrogens with one attached hydrogen (secondary N) is 2. The van der Waals surface area contributed by atoms with Crippen LogP contribution in [0.15, 0.2) is 24.3 Å². The number of rotatable bonds is 6. The minimum atomic E-state index is -0.513. The summed E-state index contributed by atoms with van der Waals surface area (Å²) in [5, 5.41) is 24.3. The SMILES string of the molecule is CCNC(=O)c1cccc(NC(=O)CN2C[C@H](O)C[C@@H]2CO)c1. The molecule has 2 amide bonds. The molecule has 2 atom stereocenters. The third-order valence-corrected chi connectivity index (χ3v) is 3.81. The highest BCUT2D eigenvalue weighted by molar-refractivity contribution is 5.97. The number of aliphatic hydroxyl groups excluding tert-OH is 2. The van der Waals surface area contributed by atoms with Crippen molar-refractivity contribution in [3.05, 3.63) is 29.8 Å². The molecule has 1 saturated heterocycles. The van der Waals surface area contributed by atoms with Gasteiger partial charge in [-0.25, -0.2) is 0 Å². The van der Waals surface area contributed by atoms with Crippen molar-refractivity contribution in [3.8, 4) is 0 Å². The molecule has 0 radical (unpaired) electrons. The van der Waals surface area contributed by atoms with E-state index in [0.717, 1.165) is 0 Å². The van der Waals surface area contributed by atoms with E-state index in [9.17, 15) is 19.8 Å². The Morgan fingerprint density at radius 2 is 2.17 bits per heavy atom. The van der Waals surface area contributed by atoms with E-state index in [1.54, 1.807) is 29.2 Å². The number of aliphatic hydroxyl groups is 2. The molecule has 0 aliphatic carbocycles. The number of anilines is 1. The van der Waals surface area contributed by atoms with Gasteiger partial charge < -0.3 is 20.8 Å². The van der Waals surface area contributed by atoms with Crippen molar-refractivity contribution in [1.29, 1.82) is 0 Å². The Bertz CT molecular complexity index is 564. The summed E-state index contributed by atoms with van der Waals surface area (Å²) in [6, 6.07) is 6.52. The van der Waals surface area contributed by atoms with Crippen LogP contribution in [0.4, 0.5) is 5.69 Å². The molecule has 0 aromatic heterocycles. The minimum Gasteiger partial charge on any atom is -0.395 e. The predicted octanol–water partition coefficient (Wildman–Crippen LogP) is -0.198. The fourth-order valence-corrected chi connectivity index (χ4v) is 2.73. The van der Waals surface area contributed by atoms with Gasteiger partial charge in [0.2, 0.25) is 5.91 Å². The van der Waals surface area contributed by atoms with E-state index in [0.29, 0.717) is 30.8 Å². The second-order valence-electron chi connectivity index (χ2n) is 5.64. The third kappa shape index (κ3) is 4.75. The Morgan fingerprint density at radius 1 is 1.39 bits per heavy atom. The number of benzene rings is 1. The van der Waals surface area contributed by atoms with Crippen LogP contribution in [-0.2, 0) is 4.79 Å². The van der Waals surface area contributed by atoms with Crippen LogP contribution in [0.2, 0.25) is 0 Å². The third-order valence-electron chi connectivity index (χ3n) is 3.81. The van der Waals surface area contributed by atoms with Gasteiger partial charge in [0, 0.05) is 30.4 Å². The van der Waals surface area contributed by atoms with Gasteiger partial charge in [-0.2, -0.15) is 0 Å². The first-order chi connectivity index (χ1) is 11.0. The van der Waals surface area contributed by atoms with Gasteiger partial charge in [-0.15, -0.1) is 0 Å². The van der Waals surface area contributed by atoms with E-state index in [4.69, 9.17) is 0 Å². The molecule has 0 bridgehead atoms. The van der Waals surface area contributed by atoms with Crippen molar-refractivity contribution in [2.45, 2.75) is 25.5 Å². The normalized spacial score (nSPS) is 21.2. The zero-order chi connectivity index (χ0) is 16.8. The smallest absolute Gasteiger partial charge is 0.251 e. The molecule has 1 aromatic rings. The lowest BCUT2D eigenvalue weighted by molar-refractivity contribution is -0.117. The highest BCUT2D eigenvalue weighted by Crippen LogP contribution is 2.17.